The monoisotopic (exact) mass is 383 g/mol. The number of methoxy groups -OCH3 is 2. The molecule has 5 nitrogen and oxygen atoms in total. The van der Waals surface area contributed by atoms with E-state index in [1.807, 2.05) is 12.1 Å². The molecule has 0 saturated carbocycles. The molecule has 0 radical (unpaired) electrons. The van der Waals surface area contributed by atoms with Crippen LogP contribution in [0.25, 0.3) is 0 Å². The van der Waals surface area contributed by atoms with Crippen molar-refractivity contribution in [3.05, 3.63) is 52.0 Å². The number of hydrogen-bond acceptors (Lipinski definition) is 4. The summed E-state index contributed by atoms with van der Waals surface area (Å²) >= 11 is 6.04. The minimum atomic E-state index is -3.59. The molecule has 0 bridgehead atoms. The smallest absolute Gasteiger partial charge is 0.240 e. The Kier molecular flexibility index (Phi) is 6.32. The van der Waals surface area contributed by atoms with Crippen molar-refractivity contribution in [1.29, 1.82) is 0 Å². The maximum absolute atomic E-state index is 12.5. The number of benzene rings is 2. The summed E-state index contributed by atoms with van der Waals surface area (Å²) in [6.45, 7) is 3.79. The van der Waals surface area contributed by atoms with Crippen LogP contribution in [0.2, 0.25) is 5.02 Å². The first-order valence-electron chi connectivity index (χ1n) is 7.76. The van der Waals surface area contributed by atoms with Crippen molar-refractivity contribution in [1.82, 2.24) is 4.72 Å². The minimum absolute atomic E-state index is 0.252. The van der Waals surface area contributed by atoms with Crippen LogP contribution in [0, 0.1) is 13.8 Å². The largest absolute Gasteiger partial charge is 0.493 e. The standard InChI is InChI=1S/C18H22ClNO4S/c1-12-10-18(13(2)9-15(12)19)25(21,22)20-8-7-14-5-6-16(23-3)17(11-14)24-4/h5-6,9-11,20H,7-8H2,1-4H3. The van der Waals surface area contributed by atoms with Crippen LogP contribution >= 0.6 is 11.6 Å². The summed E-state index contributed by atoms with van der Waals surface area (Å²) in [5, 5.41) is 0.557. The van der Waals surface area contributed by atoms with Gasteiger partial charge in [-0.1, -0.05) is 17.7 Å². The second-order valence-corrected chi connectivity index (χ2v) is 7.85. The van der Waals surface area contributed by atoms with E-state index in [0.29, 0.717) is 28.5 Å². The highest BCUT2D eigenvalue weighted by atomic mass is 35.5. The van der Waals surface area contributed by atoms with Crippen LogP contribution in [0.5, 0.6) is 11.5 Å². The lowest BCUT2D eigenvalue weighted by Gasteiger charge is -2.12. The fraction of sp³-hybridized carbons (Fsp3) is 0.333. The number of aryl methyl sites for hydroxylation is 2. The summed E-state index contributed by atoms with van der Waals surface area (Å²) in [5.41, 5.74) is 2.30. The Morgan fingerprint density at radius 3 is 2.32 bits per heavy atom. The molecule has 1 N–H and O–H groups in total. The van der Waals surface area contributed by atoms with Crippen LogP contribution < -0.4 is 14.2 Å². The lowest BCUT2D eigenvalue weighted by molar-refractivity contribution is 0.354. The Labute approximate surface area is 154 Å². The van der Waals surface area contributed by atoms with Gasteiger partial charge in [-0.05, 0) is 61.2 Å². The van der Waals surface area contributed by atoms with Gasteiger partial charge in [-0.2, -0.15) is 0 Å². The maximum atomic E-state index is 12.5. The molecule has 7 heteroatoms. The molecule has 25 heavy (non-hydrogen) atoms. The summed E-state index contributed by atoms with van der Waals surface area (Å²) in [6, 6.07) is 8.78. The Balaban J connectivity index is 2.10. The van der Waals surface area contributed by atoms with Crippen molar-refractivity contribution in [2.45, 2.75) is 25.2 Å². The van der Waals surface area contributed by atoms with Gasteiger partial charge in [0.15, 0.2) is 11.5 Å². The average Bonchev–Trinajstić information content (AvgIpc) is 2.57. The summed E-state index contributed by atoms with van der Waals surface area (Å²) in [7, 11) is -0.456. The van der Waals surface area contributed by atoms with Crippen molar-refractivity contribution >= 4 is 21.6 Å². The van der Waals surface area contributed by atoms with E-state index in [4.69, 9.17) is 21.1 Å². The highest BCUT2D eigenvalue weighted by Gasteiger charge is 2.17. The molecule has 0 saturated heterocycles. The Bertz CT molecular complexity index is 866. The predicted molar refractivity (Wildman–Crippen MR) is 99.4 cm³/mol. The van der Waals surface area contributed by atoms with Crippen molar-refractivity contribution in [2.75, 3.05) is 20.8 Å². The van der Waals surface area contributed by atoms with Gasteiger partial charge in [0.05, 0.1) is 19.1 Å². The normalized spacial score (nSPS) is 11.4. The molecule has 2 rings (SSSR count). The molecule has 0 unspecified atom stereocenters. The highest BCUT2D eigenvalue weighted by Crippen LogP contribution is 2.28. The quantitative estimate of drug-likeness (QED) is 0.794. The number of nitrogens with one attached hydrogen (secondary N) is 1. The predicted octanol–water partition coefficient (Wildman–Crippen LogP) is 3.50. The van der Waals surface area contributed by atoms with Gasteiger partial charge in [-0.15, -0.1) is 0 Å². The van der Waals surface area contributed by atoms with Crippen molar-refractivity contribution in [2.24, 2.45) is 0 Å². The van der Waals surface area contributed by atoms with Gasteiger partial charge in [-0.3, -0.25) is 0 Å². The lowest BCUT2D eigenvalue weighted by Crippen LogP contribution is -2.26. The van der Waals surface area contributed by atoms with Crippen LogP contribution in [0.4, 0.5) is 0 Å². The van der Waals surface area contributed by atoms with Crippen LogP contribution in [-0.4, -0.2) is 29.2 Å². The average molecular weight is 384 g/mol. The molecule has 0 heterocycles. The van der Waals surface area contributed by atoms with Gasteiger partial charge in [0.1, 0.15) is 0 Å². The minimum Gasteiger partial charge on any atom is -0.493 e. The van der Waals surface area contributed by atoms with Crippen LogP contribution in [-0.2, 0) is 16.4 Å². The van der Waals surface area contributed by atoms with E-state index >= 15 is 0 Å². The number of halogens is 1. The second-order valence-electron chi connectivity index (χ2n) is 5.70. The third-order valence-corrected chi connectivity index (χ3v) is 5.91. The van der Waals surface area contributed by atoms with E-state index in [0.717, 1.165) is 11.1 Å². The molecule has 0 amide bonds. The third kappa shape index (κ3) is 4.66. The summed E-state index contributed by atoms with van der Waals surface area (Å²) in [5.74, 6) is 1.26. The molecule has 0 spiro atoms. The molecule has 0 aromatic heterocycles. The van der Waals surface area contributed by atoms with Gasteiger partial charge in [0.25, 0.3) is 0 Å². The topological polar surface area (TPSA) is 64.6 Å². The number of ether oxygens (including phenoxy) is 2. The Morgan fingerprint density at radius 2 is 1.68 bits per heavy atom. The summed E-state index contributed by atoms with van der Waals surface area (Å²) in [6.07, 6.45) is 0.533. The van der Waals surface area contributed by atoms with Gasteiger partial charge >= 0.3 is 0 Å². The van der Waals surface area contributed by atoms with E-state index < -0.39 is 10.0 Å². The first-order valence-corrected chi connectivity index (χ1v) is 9.62. The van der Waals surface area contributed by atoms with E-state index in [2.05, 4.69) is 4.72 Å². The molecule has 2 aromatic carbocycles. The van der Waals surface area contributed by atoms with Gasteiger partial charge in [0.2, 0.25) is 10.0 Å². The molecule has 0 aliphatic rings. The molecule has 0 atom stereocenters. The molecular weight excluding hydrogens is 362 g/mol. The summed E-state index contributed by atoms with van der Waals surface area (Å²) in [4.78, 5) is 0.252. The van der Waals surface area contributed by atoms with E-state index in [-0.39, 0.29) is 11.4 Å². The fourth-order valence-corrected chi connectivity index (χ4v) is 4.05. The Hall–Kier alpha value is -1.76. The van der Waals surface area contributed by atoms with Crippen LogP contribution in [0.3, 0.4) is 0 Å². The first-order chi connectivity index (χ1) is 11.8. The molecular formula is C18H22ClNO4S. The molecule has 0 fully saturated rings. The fourth-order valence-electron chi connectivity index (χ4n) is 2.49. The molecule has 2 aromatic rings. The van der Waals surface area contributed by atoms with Crippen LogP contribution in [0.15, 0.2) is 35.2 Å². The van der Waals surface area contributed by atoms with E-state index in [1.54, 1.807) is 46.3 Å². The van der Waals surface area contributed by atoms with Crippen molar-refractivity contribution in [3.63, 3.8) is 0 Å². The number of hydrogen-bond donors (Lipinski definition) is 1. The maximum Gasteiger partial charge on any atom is 0.240 e. The third-order valence-electron chi connectivity index (χ3n) is 3.90. The van der Waals surface area contributed by atoms with Crippen molar-refractivity contribution < 1.29 is 17.9 Å². The lowest BCUT2D eigenvalue weighted by atomic mass is 10.1. The SMILES string of the molecule is COc1ccc(CCNS(=O)(=O)c2cc(C)c(Cl)cc2C)cc1OC. The molecule has 136 valence electrons. The Morgan fingerprint density at radius 1 is 1.00 bits per heavy atom. The molecule has 0 aliphatic carbocycles. The van der Waals surface area contributed by atoms with Gasteiger partial charge in [0, 0.05) is 11.6 Å². The number of sulfonamides is 1. The number of rotatable bonds is 7. The zero-order chi connectivity index (χ0) is 18.6. The van der Waals surface area contributed by atoms with Crippen molar-refractivity contribution in [3.8, 4) is 11.5 Å². The zero-order valence-corrected chi connectivity index (χ0v) is 16.3. The highest BCUT2D eigenvalue weighted by molar-refractivity contribution is 7.89. The van der Waals surface area contributed by atoms with E-state index in [1.165, 1.54) is 0 Å². The first kappa shape index (κ1) is 19.6. The second kappa shape index (κ2) is 8.08. The van der Waals surface area contributed by atoms with Gasteiger partial charge in [-0.25, -0.2) is 13.1 Å². The zero-order valence-electron chi connectivity index (χ0n) is 14.7. The van der Waals surface area contributed by atoms with Gasteiger partial charge < -0.3 is 9.47 Å². The molecule has 0 aliphatic heterocycles. The van der Waals surface area contributed by atoms with E-state index in [9.17, 15) is 8.42 Å². The van der Waals surface area contributed by atoms with Crippen LogP contribution in [0.1, 0.15) is 16.7 Å². The summed E-state index contributed by atoms with van der Waals surface area (Å²) < 4.78 is 38.1.